The Morgan fingerprint density at radius 2 is 1.62 bits per heavy atom. The van der Waals surface area contributed by atoms with Gasteiger partial charge in [-0.15, -0.1) is 0 Å². The highest BCUT2D eigenvalue weighted by molar-refractivity contribution is 5.81. The van der Waals surface area contributed by atoms with Gasteiger partial charge in [0.1, 0.15) is 11.6 Å². The van der Waals surface area contributed by atoms with Crippen LogP contribution in [0.4, 0.5) is 0 Å². The van der Waals surface area contributed by atoms with Gasteiger partial charge in [0, 0.05) is 17.3 Å². The van der Waals surface area contributed by atoms with Gasteiger partial charge in [0.05, 0.1) is 17.8 Å². The van der Waals surface area contributed by atoms with Crippen LogP contribution in [-0.2, 0) is 0 Å². The van der Waals surface area contributed by atoms with Crippen LogP contribution in [0.1, 0.15) is 19.8 Å². The molecule has 2 aromatic carbocycles. The molecule has 3 heteroatoms. The molecule has 3 nitrogen and oxygen atoms in total. The highest BCUT2D eigenvalue weighted by Crippen LogP contribution is 2.30. The highest BCUT2D eigenvalue weighted by Gasteiger charge is 2.13. The third-order valence-corrected chi connectivity index (χ3v) is 4.47. The van der Waals surface area contributed by atoms with Crippen molar-refractivity contribution >= 4 is 5.52 Å². The number of nitrogens with zero attached hydrogens (tertiary/aromatic N) is 2. The lowest BCUT2D eigenvalue weighted by atomic mass is 10.1. The number of aromatic nitrogens is 2. The van der Waals surface area contributed by atoms with Gasteiger partial charge < -0.3 is 4.74 Å². The SMILES string of the molecule is CCCCOc1ccc(-c2nc(-c3ccccc3)c3ccccn23)cc1. The van der Waals surface area contributed by atoms with Gasteiger partial charge in [0.2, 0.25) is 0 Å². The zero-order valence-electron chi connectivity index (χ0n) is 14.9. The van der Waals surface area contributed by atoms with Crippen molar-refractivity contribution in [2.45, 2.75) is 19.8 Å². The van der Waals surface area contributed by atoms with E-state index in [0.717, 1.165) is 53.4 Å². The van der Waals surface area contributed by atoms with Crippen molar-refractivity contribution < 1.29 is 4.74 Å². The van der Waals surface area contributed by atoms with Crippen molar-refractivity contribution in [2.24, 2.45) is 0 Å². The number of hydrogen-bond donors (Lipinski definition) is 0. The Kier molecular flexibility index (Phi) is 4.69. The minimum atomic E-state index is 0.764. The van der Waals surface area contributed by atoms with Crippen LogP contribution in [0.25, 0.3) is 28.2 Å². The van der Waals surface area contributed by atoms with Crippen LogP contribution in [0.5, 0.6) is 5.75 Å². The van der Waals surface area contributed by atoms with Gasteiger partial charge in [-0.3, -0.25) is 4.40 Å². The lowest BCUT2D eigenvalue weighted by Crippen LogP contribution is -1.96. The van der Waals surface area contributed by atoms with Gasteiger partial charge in [-0.25, -0.2) is 4.98 Å². The summed E-state index contributed by atoms with van der Waals surface area (Å²) in [5.74, 6) is 1.85. The molecule has 0 spiro atoms. The summed E-state index contributed by atoms with van der Waals surface area (Å²) in [7, 11) is 0. The van der Waals surface area contributed by atoms with E-state index in [1.807, 2.05) is 36.4 Å². The minimum Gasteiger partial charge on any atom is -0.494 e. The molecule has 4 aromatic rings. The fraction of sp³-hybridized carbons (Fsp3) is 0.174. The van der Waals surface area contributed by atoms with E-state index in [9.17, 15) is 0 Å². The molecule has 0 amide bonds. The number of ether oxygens (including phenoxy) is 1. The number of benzene rings is 2. The quantitative estimate of drug-likeness (QED) is 0.411. The Morgan fingerprint density at radius 3 is 2.38 bits per heavy atom. The molecule has 0 bridgehead atoms. The summed E-state index contributed by atoms with van der Waals surface area (Å²) in [5.41, 5.74) is 4.32. The number of unbranched alkanes of at least 4 members (excludes halogenated alkanes) is 1. The van der Waals surface area contributed by atoms with Crippen molar-refractivity contribution in [3.8, 4) is 28.4 Å². The first-order valence-electron chi connectivity index (χ1n) is 9.12. The second kappa shape index (κ2) is 7.44. The third-order valence-electron chi connectivity index (χ3n) is 4.47. The smallest absolute Gasteiger partial charge is 0.145 e. The van der Waals surface area contributed by atoms with E-state index in [4.69, 9.17) is 9.72 Å². The largest absolute Gasteiger partial charge is 0.494 e. The molecule has 2 heterocycles. The fourth-order valence-corrected chi connectivity index (χ4v) is 3.08. The molecule has 2 aromatic heterocycles. The van der Waals surface area contributed by atoms with Crippen LogP contribution in [-0.4, -0.2) is 16.0 Å². The molecule has 0 saturated carbocycles. The van der Waals surface area contributed by atoms with Crippen molar-refractivity contribution in [3.05, 3.63) is 79.0 Å². The third kappa shape index (κ3) is 3.21. The maximum Gasteiger partial charge on any atom is 0.145 e. The summed E-state index contributed by atoms with van der Waals surface area (Å²) in [6.45, 7) is 2.93. The molecule has 4 rings (SSSR count). The van der Waals surface area contributed by atoms with Crippen LogP contribution < -0.4 is 4.74 Å². The van der Waals surface area contributed by atoms with Crippen LogP contribution in [0, 0.1) is 0 Å². The highest BCUT2D eigenvalue weighted by atomic mass is 16.5. The van der Waals surface area contributed by atoms with Gasteiger partial charge in [-0.2, -0.15) is 0 Å². The normalized spacial score (nSPS) is 11.0. The van der Waals surface area contributed by atoms with Crippen molar-refractivity contribution in [2.75, 3.05) is 6.61 Å². The first-order chi connectivity index (χ1) is 12.9. The Labute approximate surface area is 153 Å². The second-order valence-electron chi connectivity index (χ2n) is 6.33. The molecule has 0 atom stereocenters. The molecule has 0 unspecified atom stereocenters. The Morgan fingerprint density at radius 1 is 0.846 bits per heavy atom. The standard InChI is InChI=1S/C23H22N2O/c1-2-3-17-26-20-14-12-19(13-15-20)23-24-22(18-9-5-4-6-10-18)21-11-7-8-16-25(21)23/h4-16H,2-3,17H2,1H3. The summed E-state index contributed by atoms with van der Waals surface area (Å²) >= 11 is 0. The Bertz CT molecular complexity index is 988. The lowest BCUT2D eigenvalue weighted by Gasteiger charge is -2.06. The van der Waals surface area contributed by atoms with E-state index in [-0.39, 0.29) is 0 Å². The number of imidazole rings is 1. The van der Waals surface area contributed by atoms with Gasteiger partial charge in [0.25, 0.3) is 0 Å². The molecule has 130 valence electrons. The number of rotatable bonds is 6. The number of hydrogen-bond acceptors (Lipinski definition) is 2. The fourth-order valence-electron chi connectivity index (χ4n) is 3.08. The monoisotopic (exact) mass is 342 g/mol. The van der Waals surface area contributed by atoms with Gasteiger partial charge in [-0.1, -0.05) is 49.7 Å². The van der Waals surface area contributed by atoms with Gasteiger partial charge >= 0.3 is 0 Å². The average Bonchev–Trinajstić information content (AvgIpc) is 3.09. The Balaban J connectivity index is 1.73. The van der Waals surface area contributed by atoms with E-state index >= 15 is 0 Å². The average molecular weight is 342 g/mol. The number of fused-ring (bicyclic) bond motifs is 1. The number of pyridine rings is 1. The van der Waals surface area contributed by atoms with Gasteiger partial charge in [-0.05, 0) is 42.8 Å². The van der Waals surface area contributed by atoms with Crippen molar-refractivity contribution in [1.29, 1.82) is 0 Å². The van der Waals surface area contributed by atoms with Crippen molar-refractivity contribution in [1.82, 2.24) is 9.38 Å². The molecule has 0 aliphatic heterocycles. The van der Waals surface area contributed by atoms with Crippen molar-refractivity contribution in [3.63, 3.8) is 0 Å². The summed E-state index contributed by atoms with van der Waals surface area (Å²) in [4.78, 5) is 4.96. The second-order valence-corrected chi connectivity index (χ2v) is 6.33. The Hall–Kier alpha value is -3.07. The lowest BCUT2D eigenvalue weighted by molar-refractivity contribution is 0.309. The maximum absolute atomic E-state index is 5.77. The molecule has 0 saturated heterocycles. The topological polar surface area (TPSA) is 26.5 Å². The van der Waals surface area contributed by atoms with E-state index in [1.165, 1.54) is 0 Å². The molecule has 0 radical (unpaired) electrons. The van der Waals surface area contributed by atoms with Crippen LogP contribution in [0.2, 0.25) is 0 Å². The van der Waals surface area contributed by atoms with Crippen LogP contribution in [0.3, 0.4) is 0 Å². The van der Waals surface area contributed by atoms with E-state index < -0.39 is 0 Å². The summed E-state index contributed by atoms with van der Waals surface area (Å²) in [6.07, 6.45) is 4.28. The molecular weight excluding hydrogens is 320 g/mol. The minimum absolute atomic E-state index is 0.764. The van der Waals surface area contributed by atoms with E-state index in [1.54, 1.807) is 0 Å². The molecule has 0 fully saturated rings. The summed E-state index contributed by atoms with van der Waals surface area (Å²) in [5, 5.41) is 0. The maximum atomic E-state index is 5.77. The molecule has 0 aliphatic rings. The molecule has 26 heavy (non-hydrogen) atoms. The first-order valence-corrected chi connectivity index (χ1v) is 9.12. The predicted octanol–water partition coefficient (Wildman–Crippen LogP) is 5.85. The van der Waals surface area contributed by atoms with Gasteiger partial charge in [0.15, 0.2) is 0 Å². The summed E-state index contributed by atoms with van der Waals surface area (Å²) < 4.78 is 7.92. The predicted molar refractivity (Wildman–Crippen MR) is 106 cm³/mol. The first kappa shape index (κ1) is 16.4. The summed E-state index contributed by atoms with van der Waals surface area (Å²) in [6, 6.07) is 24.7. The zero-order chi connectivity index (χ0) is 17.8. The zero-order valence-corrected chi connectivity index (χ0v) is 14.9. The van der Waals surface area contributed by atoms with Crippen LogP contribution >= 0.6 is 0 Å². The molecule has 0 N–H and O–H groups in total. The van der Waals surface area contributed by atoms with E-state index in [0.29, 0.717) is 0 Å². The molecular formula is C23H22N2O. The van der Waals surface area contributed by atoms with E-state index in [2.05, 4.69) is 53.9 Å². The molecule has 0 aliphatic carbocycles. The van der Waals surface area contributed by atoms with Crippen LogP contribution in [0.15, 0.2) is 79.0 Å².